The van der Waals surface area contributed by atoms with Gasteiger partial charge in [0.15, 0.2) is 0 Å². The minimum atomic E-state index is -3.47. The van der Waals surface area contributed by atoms with Gasteiger partial charge in [0.2, 0.25) is 10.0 Å². The van der Waals surface area contributed by atoms with Gasteiger partial charge in [0.05, 0.1) is 11.4 Å². The average molecular weight is 272 g/mol. The van der Waals surface area contributed by atoms with Crippen LogP contribution in [0.1, 0.15) is 24.2 Å². The second kappa shape index (κ2) is 4.64. The minimum absolute atomic E-state index is 0.0641. The Kier molecular flexibility index (Phi) is 3.48. The highest BCUT2D eigenvalue weighted by Crippen LogP contribution is 2.25. The minimum Gasteiger partial charge on any atom is -0.327 e. The molecule has 0 aliphatic carbocycles. The first kappa shape index (κ1) is 13.5. The Bertz CT molecular complexity index is 550. The number of sulfonamides is 1. The Hall–Kier alpha value is -0.920. The van der Waals surface area contributed by atoms with Gasteiger partial charge < -0.3 is 5.73 Å². The van der Waals surface area contributed by atoms with Crippen LogP contribution in [0.5, 0.6) is 0 Å². The van der Waals surface area contributed by atoms with Crippen LogP contribution in [0.25, 0.3) is 0 Å². The van der Waals surface area contributed by atoms with Gasteiger partial charge in [0, 0.05) is 26.2 Å². The molecule has 0 spiro atoms. The molecule has 2 rings (SSSR count). The van der Waals surface area contributed by atoms with Crippen LogP contribution in [0.15, 0.2) is 4.90 Å². The fraction of sp³-hybridized carbons (Fsp3) is 0.727. The van der Waals surface area contributed by atoms with Crippen molar-refractivity contribution in [2.24, 2.45) is 12.8 Å². The summed E-state index contributed by atoms with van der Waals surface area (Å²) in [6.07, 6.45) is 1.70. The van der Waals surface area contributed by atoms with E-state index in [9.17, 15) is 8.42 Å². The zero-order chi connectivity index (χ0) is 13.5. The van der Waals surface area contributed by atoms with Crippen LogP contribution in [-0.4, -0.2) is 41.6 Å². The van der Waals surface area contributed by atoms with E-state index in [1.807, 2.05) is 0 Å². The van der Waals surface area contributed by atoms with Gasteiger partial charge in [-0.25, -0.2) is 8.42 Å². The Morgan fingerprint density at radius 1 is 1.39 bits per heavy atom. The van der Waals surface area contributed by atoms with Crippen molar-refractivity contribution in [3.05, 3.63) is 11.4 Å². The molecule has 102 valence electrons. The van der Waals surface area contributed by atoms with E-state index in [-0.39, 0.29) is 6.04 Å². The van der Waals surface area contributed by atoms with Gasteiger partial charge in [-0.05, 0) is 26.7 Å². The number of aromatic nitrogens is 2. The summed E-state index contributed by atoms with van der Waals surface area (Å²) in [5.41, 5.74) is 7.08. The standard InChI is InChI=1S/C11H20N4O2S/c1-8-11(9(2)14(3)13-8)18(16,17)15-6-4-5-10(12)7-15/h10H,4-7,12H2,1-3H3/t10-/m0/s1. The van der Waals surface area contributed by atoms with Crippen LogP contribution >= 0.6 is 0 Å². The van der Waals surface area contributed by atoms with E-state index in [1.54, 1.807) is 25.6 Å². The summed E-state index contributed by atoms with van der Waals surface area (Å²) in [5.74, 6) is 0. The summed E-state index contributed by atoms with van der Waals surface area (Å²) < 4.78 is 28.3. The molecule has 18 heavy (non-hydrogen) atoms. The summed E-state index contributed by atoms with van der Waals surface area (Å²) in [4.78, 5) is 0.333. The quantitative estimate of drug-likeness (QED) is 0.831. The lowest BCUT2D eigenvalue weighted by molar-refractivity contribution is 0.316. The summed E-state index contributed by atoms with van der Waals surface area (Å²) >= 11 is 0. The molecule has 2 N–H and O–H groups in total. The summed E-state index contributed by atoms with van der Waals surface area (Å²) in [5, 5.41) is 4.17. The second-order valence-electron chi connectivity index (χ2n) is 4.89. The van der Waals surface area contributed by atoms with Gasteiger partial charge in [-0.1, -0.05) is 0 Å². The molecule has 0 unspecified atom stereocenters. The van der Waals surface area contributed by atoms with Crippen LogP contribution in [0.3, 0.4) is 0 Å². The number of hydrogen-bond acceptors (Lipinski definition) is 4. The summed E-state index contributed by atoms with van der Waals surface area (Å²) in [6.45, 7) is 4.44. The van der Waals surface area contributed by atoms with E-state index in [1.165, 1.54) is 4.31 Å². The van der Waals surface area contributed by atoms with Crippen LogP contribution in [-0.2, 0) is 17.1 Å². The normalized spacial score (nSPS) is 22.3. The van der Waals surface area contributed by atoms with Crippen LogP contribution < -0.4 is 5.73 Å². The highest BCUT2D eigenvalue weighted by atomic mass is 32.2. The molecule has 1 aromatic heterocycles. The van der Waals surface area contributed by atoms with Crippen molar-refractivity contribution in [1.82, 2.24) is 14.1 Å². The lowest BCUT2D eigenvalue weighted by Gasteiger charge is -2.29. The van der Waals surface area contributed by atoms with E-state index in [0.29, 0.717) is 29.4 Å². The Balaban J connectivity index is 2.42. The van der Waals surface area contributed by atoms with Crippen molar-refractivity contribution >= 4 is 10.0 Å². The van der Waals surface area contributed by atoms with Crippen molar-refractivity contribution in [2.45, 2.75) is 37.6 Å². The highest BCUT2D eigenvalue weighted by Gasteiger charge is 2.33. The molecule has 0 bridgehead atoms. The molecule has 6 nitrogen and oxygen atoms in total. The fourth-order valence-electron chi connectivity index (χ4n) is 2.45. The summed E-state index contributed by atoms with van der Waals surface area (Å²) in [7, 11) is -1.71. The van der Waals surface area contributed by atoms with Gasteiger partial charge in [-0.15, -0.1) is 0 Å². The third-order valence-corrected chi connectivity index (χ3v) is 5.58. The first-order valence-electron chi connectivity index (χ1n) is 6.10. The lowest BCUT2D eigenvalue weighted by Crippen LogP contribution is -2.45. The van der Waals surface area contributed by atoms with Crippen molar-refractivity contribution in [1.29, 1.82) is 0 Å². The molecule has 0 saturated carbocycles. The molecule has 1 aromatic rings. The molecule has 7 heteroatoms. The van der Waals surface area contributed by atoms with Gasteiger partial charge in [-0.2, -0.15) is 9.40 Å². The zero-order valence-corrected chi connectivity index (χ0v) is 11.9. The van der Waals surface area contributed by atoms with E-state index in [0.717, 1.165) is 12.8 Å². The molecular weight excluding hydrogens is 252 g/mol. The van der Waals surface area contributed by atoms with Gasteiger partial charge >= 0.3 is 0 Å². The lowest BCUT2D eigenvalue weighted by atomic mass is 10.1. The first-order chi connectivity index (χ1) is 8.34. The molecule has 2 heterocycles. The maximum absolute atomic E-state index is 12.6. The predicted octanol–water partition coefficient (Wildman–Crippen LogP) is 0.149. The third kappa shape index (κ3) is 2.17. The largest absolute Gasteiger partial charge is 0.327 e. The fourth-order valence-corrected chi connectivity index (χ4v) is 4.38. The van der Waals surface area contributed by atoms with Crippen molar-refractivity contribution < 1.29 is 8.42 Å². The summed E-state index contributed by atoms with van der Waals surface area (Å²) in [6, 6.07) is -0.0641. The molecule has 0 aromatic carbocycles. The van der Waals surface area contributed by atoms with Crippen molar-refractivity contribution in [3.8, 4) is 0 Å². The number of rotatable bonds is 2. The number of nitrogens with two attached hydrogens (primary N) is 1. The Morgan fingerprint density at radius 3 is 2.56 bits per heavy atom. The van der Waals surface area contributed by atoms with Gasteiger partial charge in [-0.3, -0.25) is 4.68 Å². The van der Waals surface area contributed by atoms with Crippen LogP contribution in [0, 0.1) is 13.8 Å². The predicted molar refractivity (Wildman–Crippen MR) is 68.7 cm³/mol. The third-order valence-electron chi connectivity index (χ3n) is 3.46. The molecule has 1 fully saturated rings. The molecule has 1 aliphatic heterocycles. The SMILES string of the molecule is Cc1nn(C)c(C)c1S(=O)(=O)N1CCC[C@H](N)C1. The number of aryl methyl sites for hydroxylation is 2. The van der Waals surface area contributed by atoms with Crippen LogP contribution in [0.2, 0.25) is 0 Å². The average Bonchev–Trinajstić information content (AvgIpc) is 2.53. The van der Waals surface area contributed by atoms with Crippen molar-refractivity contribution in [3.63, 3.8) is 0 Å². The van der Waals surface area contributed by atoms with E-state index >= 15 is 0 Å². The number of hydrogen-bond donors (Lipinski definition) is 1. The smallest absolute Gasteiger partial charge is 0.246 e. The first-order valence-corrected chi connectivity index (χ1v) is 7.54. The molecule has 1 aliphatic rings. The molecule has 0 amide bonds. The number of piperidine rings is 1. The molecule has 1 saturated heterocycles. The highest BCUT2D eigenvalue weighted by molar-refractivity contribution is 7.89. The number of nitrogens with zero attached hydrogens (tertiary/aromatic N) is 3. The van der Waals surface area contributed by atoms with E-state index in [4.69, 9.17) is 5.73 Å². The van der Waals surface area contributed by atoms with Crippen molar-refractivity contribution in [2.75, 3.05) is 13.1 Å². The van der Waals surface area contributed by atoms with E-state index < -0.39 is 10.0 Å². The van der Waals surface area contributed by atoms with Gasteiger partial charge in [0.1, 0.15) is 4.90 Å². The molecular formula is C11H20N4O2S. The molecule has 0 radical (unpaired) electrons. The maximum atomic E-state index is 12.6. The van der Waals surface area contributed by atoms with Gasteiger partial charge in [0.25, 0.3) is 0 Å². The van der Waals surface area contributed by atoms with Crippen LogP contribution in [0.4, 0.5) is 0 Å². The Labute approximate surface area is 108 Å². The molecule has 1 atom stereocenters. The second-order valence-corrected chi connectivity index (χ2v) is 6.76. The zero-order valence-electron chi connectivity index (χ0n) is 11.0. The topological polar surface area (TPSA) is 81.2 Å². The Morgan fingerprint density at radius 2 is 2.06 bits per heavy atom. The monoisotopic (exact) mass is 272 g/mol. The van der Waals surface area contributed by atoms with E-state index in [2.05, 4.69) is 5.10 Å². The maximum Gasteiger partial charge on any atom is 0.246 e.